The van der Waals surface area contributed by atoms with Crippen molar-refractivity contribution in [2.75, 3.05) is 13.1 Å². The molecule has 0 aliphatic carbocycles. The first-order valence-electron chi connectivity index (χ1n) is 9.77. The Hall–Kier alpha value is -2.46. The minimum Gasteiger partial charge on any atom is -0.383 e. The van der Waals surface area contributed by atoms with Gasteiger partial charge in [0.2, 0.25) is 0 Å². The Bertz CT molecular complexity index is 916. The van der Waals surface area contributed by atoms with Crippen LogP contribution in [0.25, 0.3) is 0 Å². The molecule has 3 aromatic rings. The van der Waals surface area contributed by atoms with Crippen LogP contribution in [0.1, 0.15) is 23.9 Å². The Kier molecular flexibility index (Phi) is 9.25. The molecule has 2 aromatic carbocycles. The van der Waals surface area contributed by atoms with E-state index in [-0.39, 0.29) is 24.0 Å². The molecular formula is C22H29IN6O. The SMILES string of the molecule is CCNC(=NCc1ncnn1C)NCC(O)(Cc1ccccc1)c1ccccc1.I. The van der Waals surface area contributed by atoms with Crippen LogP contribution in [0, 0.1) is 0 Å². The van der Waals surface area contributed by atoms with E-state index in [1.165, 1.54) is 6.33 Å². The van der Waals surface area contributed by atoms with Crippen LogP contribution in [-0.4, -0.2) is 38.9 Å². The highest BCUT2D eigenvalue weighted by atomic mass is 127. The summed E-state index contributed by atoms with van der Waals surface area (Å²) in [7, 11) is 1.84. The summed E-state index contributed by atoms with van der Waals surface area (Å²) in [6, 6.07) is 19.8. The van der Waals surface area contributed by atoms with E-state index in [0.717, 1.165) is 17.0 Å². The molecule has 1 atom stereocenters. The fourth-order valence-corrected chi connectivity index (χ4v) is 3.13. The van der Waals surface area contributed by atoms with Crippen molar-refractivity contribution in [2.24, 2.45) is 12.0 Å². The monoisotopic (exact) mass is 520 g/mol. The van der Waals surface area contributed by atoms with Gasteiger partial charge in [0.1, 0.15) is 24.3 Å². The Balaban J connectivity index is 0.00000320. The standard InChI is InChI=1S/C22H28N6O.HI/c1-3-23-21(24-15-20-26-17-27-28(20)2)25-16-22(29,19-12-8-5-9-13-19)14-18-10-6-4-7-11-18;/h4-13,17,29H,3,14-16H2,1-2H3,(H2,23,24,25);1H. The Morgan fingerprint density at radius 2 is 1.73 bits per heavy atom. The summed E-state index contributed by atoms with van der Waals surface area (Å²) in [5, 5.41) is 22.2. The minimum absolute atomic E-state index is 0. The predicted octanol–water partition coefficient (Wildman–Crippen LogP) is 2.62. The molecule has 160 valence electrons. The van der Waals surface area contributed by atoms with E-state index in [0.29, 0.717) is 32.0 Å². The molecule has 0 aliphatic rings. The van der Waals surface area contributed by atoms with Crippen molar-refractivity contribution in [3.8, 4) is 0 Å². The topological polar surface area (TPSA) is 87.4 Å². The molecule has 0 spiro atoms. The van der Waals surface area contributed by atoms with E-state index in [1.54, 1.807) is 4.68 Å². The number of hydrogen-bond acceptors (Lipinski definition) is 4. The molecule has 0 saturated carbocycles. The Labute approximate surface area is 194 Å². The van der Waals surface area contributed by atoms with Crippen LogP contribution >= 0.6 is 24.0 Å². The van der Waals surface area contributed by atoms with Gasteiger partial charge in [-0.15, -0.1) is 24.0 Å². The summed E-state index contributed by atoms with van der Waals surface area (Å²) in [6.07, 6.45) is 2.01. The number of nitrogens with one attached hydrogen (secondary N) is 2. The van der Waals surface area contributed by atoms with Crippen molar-refractivity contribution in [1.82, 2.24) is 25.4 Å². The zero-order chi connectivity index (χ0) is 20.5. The fourth-order valence-electron chi connectivity index (χ4n) is 3.13. The molecule has 30 heavy (non-hydrogen) atoms. The zero-order valence-electron chi connectivity index (χ0n) is 17.3. The van der Waals surface area contributed by atoms with E-state index in [2.05, 4.69) is 25.7 Å². The number of hydrogen-bond donors (Lipinski definition) is 3. The first-order valence-corrected chi connectivity index (χ1v) is 9.77. The van der Waals surface area contributed by atoms with Crippen molar-refractivity contribution in [3.05, 3.63) is 83.9 Å². The van der Waals surface area contributed by atoms with Crippen molar-refractivity contribution < 1.29 is 5.11 Å². The van der Waals surface area contributed by atoms with Gasteiger partial charge in [-0.05, 0) is 18.1 Å². The second kappa shape index (κ2) is 11.7. The van der Waals surface area contributed by atoms with Gasteiger partial charge in [-0.25, -0.2) is 9.98 Å². The second-order valence-electron chi connectivity index (χ2n) is 6.91. The molecule has 7 nitrogen and oxygen atoms in total. The van der Waals surface area contributed by atoms with Crippen molar-refractivity contribution in [2.45, 2.75) is 25.5 Å². The summed E-state index contributed by atoms with van der Waals surface area (Å²) >= 11 is 0. The van der Waals surface area contributed by atoms with Gasteiger partial charge in [-0.1, -0.05) is 60.7 Å². The predicted molar refractivity (Wildman–Crippen MR) is 130 cm³/mol. The van der Waals surface area contributed by atoms with E-state index >= 15 is 0 Å². The summed E-state index contributed by atoms with van der Waals surface area (Å²) < 4.78 is 1.70. The molecule has 1 heterocycles. The van der Waals surface area contributed by atoms with Gasteiger partial charge in [0.25, 0.3) is 0 Å². The van der Waals surface area contributed by atoms with Crippen LogP contribution in [0.5, 0.6) is 0 Å². The second-order valence-corrected chi connectivity index (χ2v) is 6.91. The zero-order valence-corrected chi connectivity index (χ0v) is 19.7. The molecule has 0 aliphatic heterocycles. The van der Waals surface area contributed by atoms with Gasteiger partial charge in [0.15, 0.2) is 5.96 Å². The van der Waals surface area contributed by atoms with E-state index in [1.807, 2.05) is 74.6 Å². The maximum atomic E-state index is 11.6. The lowest BCUT2D eigenvalue weighted by molar-refractivity contribution is 0.0414. The van der Waals surface area contributed by atoms with Crippen LogP contribution in [0.3, 0.4) is 0 Å². The van der Waals surface area contributed by atoms with Crippen LogP contribution in [0.2, 0.25) is 0 Å². The fraction of sp³-hybridized carbons (Fsp3) is 0.318. The van der Waals surface area contributed by atoms with Gasteiger partial charge in [0, 0.05) is 20.0 Å². The van der Waals surface area contributed by atoms with Crippen LogP contribution in [0.4, 0.5) is 0 Å². The van der Waals surface area contributed by atoms with E-state index in [4.69, 9.17) is 0 Å². The average Bonchev–Trinajstić information content (AvgIpc) is 3.16. The highest BCUT2D eigenvalue weighted by molar-refractivity contribution is 14.0. The number of aliphatic hydroxyl groups is 1. The average molecular weight is 520 g/mol. The lowest BCUT2D eigenvalue weighted by Crippen LogP contribution is -2.46. The molecule has 0 radical (unpaired) electrons. The molecule has 0 bridgehead atoms. The quantitative estimate of drug-likeness (QED) is 0.242. The number of aromatic nitrogens is 3. The molecule has 1 aromatic heterocycles. The Morgan fingerprint density at radius 3 is 2.33 bits per heavy atom. The molecule has 3 N–H and O–H groups in total. The smallest absolute Gasteiger partial charge is 0.191 e. The van der Waals surface area contributed by atoms with Gasteiger partial charge in [0.05, 0.1) is 6.54 Å². The molecule has 3 rings (SSSR count). The summed E-state index contributed by atoms with van der Waals surface area (Å²) in [5.74, 6) is 1.39. The maximum absolute atomic E-state index is 11.6. The Morgan fingerprint density at radius 1 is 1.07 bits per heavy atom. The number of guanidine groups is 1. The summed E-state index contributed by atoms with van der Waals surface area (Å²) in [5.41, 5.74) is 0.853. The number of aliphatic imine (C=N–C) groups is 1. The number of benzene rings is 2. The first-order chi connectivity index (χ1) is 14.1. The molecule has 1 unspecified atom stereocenters. The van der Waals surface area contributed by atoms with Crippen molar-refractivity contribution in [1.29, 1.82) is 0 Å². The van der Waals surface area contributed by atoms with Gasteiger partial charge in [-0.3, -0.25) is 4.68 Å². The van der Waals surface area contributed by atoms with Crippen molar-refractivity contribution in [3.63, 3.8) is 0 Å². The van der Waals surface area contributed by atoms with Gasteiger partial charge < -0.3 is 15.7 Å². The van der Waals surface area contributed by atoms with E-state index < -0.39 is 5.60 Å². The molecule has 0 saturated heterocycles. The molecular weight excluding hydrogens is 491 g/mol. The lowest BCUT2D eigenvalue weighted by atomic mass is 9.87. The lowest BCUT2D eigenvalue weighted by Gasteiger charge is -2.30. The largest absolute Gasteiger partial charge is 0.383 e. The maximum Gasteiger partial charge on any atom is 0.191 e. The third-order valence-electron chi connectivity index (χ3n) is 4.73. The molecule has 0 amide bonds. The minimum atomic E-state index is -1.08. The molecule has 0 fully saturated rings. The number of halogens is 1. The van der Waals surface area contributed by atoms with Gasteiger partial charge in [-0.2, -0.15) is 5.10 Å². The van der Waals surface area contributed by atoms with Gasteiger partial charge >= 0.3 is 0 Å². The van der Waals surface area contributed by atoms with Crippen molar-refractivity contribution >= 4 is 29.9 Å². The number of nitrogens with zero attached hydrogens (tertiary/aromatic N) is 4. The first kappa shape index (κ1) is 23.8. The highest BCUT2D eigenvalue weighted by Crippen LogP contribution is 2.25. The van der Waals surface area contributed by atoms with E-state index in [9.17, 15) is 5.11 Å². The third kappa shape index (κ3) is 6.53. The summed E-state index contributed by atoms with van der Waals surface area (Å²) in [6.45, 7) is 3.44. The normalized spacial score (nSPS) is 13.2. The third-order valence-corrected chi connectivity index (χ3v) is 4.73. The van der Waals surface area contributed by atoms with Crippen LogP contribution in [-0.2, 0) is 25.6 Å². The molecule has 8 heteroatoms. The van der Waals surface area contributed by atoms with Crippen LogP contribution < -0.4 is 10.6 Å². The number of rotatable bonds is 8. The number of aryl methyl sites for hydroxylation is 1. The summed E-state index contributed by atoms with van der Waals surface area (Å²) in [4.78, 5) is 8.78. The van der Waals surface area contributed by atoms with Crippen LogP contribution in [0.15, 0.2) is 72.0 Å². The highest BCUT2D eigenvalue weighted by Gasteiger charge is 2.29.